The molecule has 0 spiro atoms. The maximum absolute atomic E-state index is 13.4. The first-order chi connectivity index (χ1) is 11.7. The highest BCUT2D eigenvalue weighted by molar-refractivity contribution is 5.89. The van der Waals surface area contributed by atoms with Crippen LogP contribution >= 0.6 is 0 Å². The van der Waals surface area contributed by atoms with Crippen molar-refractivity contribution >= 4 is 17.5 Å². The molecule has 2 rings (SSSR count). The van der Waals surface area contributed by atoms with E-state index in [4.69, 9.17) is 0 Å². The fraction of sp³-hybridized carbons (Fsp3) is 0.579. The number of hydrogen-bond acceptors (Lipinski definition) is 3. The molecule has 25 heavy (non-hydrogen) atoms. The van der Waals surface area contributed by atoms with Gasteiger partial charge in [0.1, 0.15) is 11.9 Å². The Bertz CT molecular complexity index is 627. The maximum atomic E-state index is 13.4. The van der Waals surface area contributed by atoms with Gasteiger partial charge in [-0.25, -0.2) is 4.39 Å². The van der Waals surface area contributed by atoms with Gasteiger partial charge in [-0.2, -0.15) is 0 Å². The van der Waals surface area contributed by atoms with Crippen molar-refractivity contribution in [2.75, 3.05) is 18.0 Å². The van der Waals surface area contributed by atoms with E-state index >= 15 is 0 Å². The molecule has 138 valence electrons. The highest BCUT2D eigenvalue weighted by Crippen LogP contribution is 2.21. The minimum absolute atomic E-state index is 0.0153. The zero-order chi connectivity index (χ0) is 18.6. The van der Waals surface area contributed by atoms with Gasteiger partial charge in [0.25, 0.3) is 0 Å². The number of carbonyl (C=O) groups excluding carboxylic acids is 2. The Morgan fingerprint density at radius 3 is 2.68 bits per heavy atom. The number of piperidine rings is 1. The summed E-state index contributed by atoms with van der Waals surface area (Å²) in [6.45, 7) is 8.59. The molecule has 1 aromatic carbocycles. The summed E-state index contributed by atoms with van der Waals surface area (Å²) in [6, 6.07) is 5.90. The first-order valence-corrected chi connectivity index (χ1v) is 8.78. The largest absolute Gasteiger partial charge is 0.369 e. The minimum Gasteiger partial charge on any atom is -0.369 e. The van der Waals surface area contributed by atoms with Crippen molar-refractivity contribution in [3.8, 4) is 0 Å². The number of anilines is 1. The summed E-state index contributed by atoms with van der Waals surface area (Å²) >= 11 is 0. The highest BCUT2D eigenvalue weighted by Gasteiger charge is 2.27. The topological polar surface area (TPSA) is 61.4 Å². The smallest absolute Gasteiger partial charge is 0.242 e. The average molecular weight is 349 g/mol. The lowest BCUT2D eigenvalue weighted by molar-refractivity contribution is -0.133. The highest BCUT2D eigenvalue weighted by atomic mass is 19.1. The molecule has 2 amide bonds. The Morgan fingerprint density at radius 2 is 2.04 bits per heavy atom. The number of amides is 2. The fourth-order valence-corrected chi connectivity index (χ4v) is 2.81. The molecule has 1 saturated heterocycles. The van der Waals surface area contributed by atoms with Gasteiger partial charge < -0.3 is 15.5 Å². The Morgan fingerprint density at radius 1 is 1.32 bits per heavy atom. The quantitative estimate of drug-likeness (QED) is 0.878. The number of nitrogens with one attached hydrogen (secondary N) is 2. The molecular formula is C19H28FN3O2. The number of benzene rings is 1. The van der Waals surface area contributed by atoms with Crippen molar-refractivity contribution in [2.45, 2.75) is 52.6 Å². The van der Waals surface area contributed by atoms with Gasteiger partial charge in [0.15, 0.2) is 0 Å². The summed E-state index contributed by atoms with van der Waals surface area (Å²) < 4.78 is 13.4. The van der Waals surface area contributed by atoms with Crippen molar-refractivity contribution in [1.82, 2.24) is 10.6 Å². The van der Waals surface area contributed by atoms with Crippen LogP contribution in [0.5, 0.6) is 0 Å². The van der Waals surface area contributed by atoms with Crippen LogP contribution in [0, 0.1) is 11.2 Å². The van der Waals surface area contributed by atoms with Crippen LogP contribution in [-0.4, -0.2) is 37.0 Å². The van der Waals surface area contributed by atoms with E-state index in [9.17, 15) is 14.0 Å². The van der Waals surface area contributed by atoms with E-state index in [1.54, 1.807) is 13.0 Å². The molecule has 0 radical (unpaired) electrons. The minimum atomic E-state index is -0.587. The van der Waals surface area contributed by atoms with E-state index in [2.05, 4.69) is 15.5 Å². The number of halogens is 1. The van der Waals surface area contributed by atoms with Gasteiger partial charge in [-0.05, 0) is 38.0 Å². The monoisotopic (exact) mass is 349 g/mol. The molecule has 0 bridgehead atoms. The van der Waals surface area contributed by atoms with Crippen LogP contribution in [0.15, 0.2) is 24.3 Å². The normalized spacial score (nSPS) is 19.2. The van der Waals surface area contributed by atoms with E-state index in [-0.39, 0.29) is 23.7 Å². The van der Waals surface area contributed by atoms with Crippen LogP contribution in [0.3, 0.4) is 0 Å². The second kappa shape index (κ2) is 7.85. The lowest BCUT2D eigenvalue weighted by atomic mass is 9.95. The standard InChI is InChI=1S/C19H28FN3O2/c1-13(21-18(25)19(2,3)4)17(24)22-15-8-6-10-23(12-15)16-9-5-7-14(20)11-16/h5,7,9,11,13,15H,6,8,10,12H2,1-4H3,(H,21,25)(H,22,24)/t13-,15+/m1/s1. The molecule has 2 atom stereocenters. The molecule has 1 aromatic rings. The summed E-state index contributed by atoms with van der Waals surface area (Å²) in [7, 11) is 0. The second-order valence-corrected chi connectivity index (χ2v) is 7.72. The molecule has 0 aromatic heterocycles. The van der Waals surface area contributed by atoms with Crippen LogP contribution in [0.4, 0.5) is 10.1 Å². The Labute approximate surface area is 149 Å². The molecule has 0 saturated carbocycles. The summed E-state index contributed by atoms with van der Waals surface area (Å²) in [5.41, 5.74) is 0.293. The van der Waals surface area contributed by atoms with Crippen molar-refractivity contribution < 1.29 is 14.0 Å². The van der Waals surface area contributed by atoms with Gasteiger partial charge >= 0.3 is 0 Å². The van der Waals surface area contributed by atoms with Gasteiger partial charge in [-0.1, -0.05) is 26.8 Å². The molecule has 0 aliphatic carbocycles. The van der Waals surface area contributed by atoms with E-state index in [1.807, 2.05) is 26.8 Å². The fourth-order valence-electron chi connectivity index (χ4n) is 2.81. The van der Waals surface area contributed by atoms with Gasteiger partial charge in [0, 0.05) is 30.2 Å². The third kappa shape index (κ3) is 5.44. The number of hydrogen-bond donors (Lipinski definition) is 2. The molecule has 1 heterocycles. The maximum Gasteiger partial charge on any atom is 0.242 e. The third-order valence-corrected chi connectivity index (χ3v) is 4.36. The molecular weight excluding hydrogens is 321 g/mol. The van der Waals surface area contributed by atoms with Crippen molar-refractivity contribution in [3.63, 3.8) is 0 Å². The first kappa shape index (κ1) is 19.2. The molecule has 6 heteroatoms. The van der Waals surface area contributed by atoms with E-state index in [0.717, 1.165) is 25.1 Å². The lowest BCUT2D eigenvalue weighted by Crippen LogP contribution is -2.54. The molecule has 1 aliphatic rings. The van der Waals surface area contributed by atoms with E-state index in [0.29, 0.717) is 6.54 Å². The van der Waals surface area contributed by atoms with Crippen LogP contribution < -0.4 is 15.5 Å². The summed E-state index contributed by atoms with van der Waals surface area (Å²) in [4.78, 5) is 26.5. The van der Waals surface area contributed by atoms with Crippen molar-refractivity contribution in [2.24, 2.45) is 5.41 Å². The summed E-state index contributed by atoms with van der Waals surface area (Å²) in [6.07, 6.45) is 1.79. The average Bonchev–Trinajstić information content (AvgIpc) is 2.54. The zero-order valence-corrected chi connectivity index (χ0v) is 15.4. The zero-order valence-electron chi connectivity index (χ0n) is 15.4. The van der Waals surface area contributed by atoms with Crippen molar-refractivity contribution in [3.05, 3.63) is 30.1 Å². The second-order valence-electron chi connectivity index (χ2n) is 7.72. The number of rotatable bonds is 4. The Balaban J connectivity index is 1.91. The van der Waals surface area contributed by atoms with E-state index in [1.165, 1.54) is 12.1 Å². The van der Waals surface area contributed by atoms with Gasteiger partial charge in [0.05, 0.1) is 0 Å². The number of carbonyl (C=O) groups is 2. The summed E-state index contributed by atoms with van der Waals surface area (Å²) in [5.74, 6) is -0.606. The predicted octanol–water partition coefficient (Wildman–Crippen LogP) is 2.46. The Hall–Kier alpha value is -2.11. The van der Waals surface area contributed by atoms with Gasteiger partial charge in [0.2, 0.25) is 11.8 Å². The lowest BCUT2D eigenvalue weighted by Gasteiger charge is -2.35. The first-order valence-electron chi connectivity index (χ1n) is 8.78. The molecule has 1 aliphatic heterocycles. The Kier molecular flexibility index (Phi) is 6.03. The van der Waals surface area contributed by atoms with Crippen LogP contribution in [-0.2, 0) is 9.59 Å². The third-order valence-electron chi connectivity index (χ3n) is 4.36. The molecule has 2 N–H and O–H groups in total. The summed E-state index contributed by atoms with van der Waals surface area (Å²) in [5, 5.41) is 5.75. The van der Waals surface area contributed by atoms with Crippen LogP contribution in [0.25, 0.3) is 0 Å². The van der Waals surface area contributed by atoms with Gasteiger partial charge in [-0.3, -0.25) is 9.59 Å². The van der Waals surface area contributed by atoms with Crippen molar-refractivity contribution in [1.29, 1.82) is 0 Å². The van der Waals surface area contributed by atoms with Gasteiger partial charge in [-0.15, -0.1) is 0 Å². The van der Waals surface area contributed by atoms with Crippen LogP contribution in [0.2, 0.25) is 0 Å². The molecule has 1 fully saturated rings. The number of nitrogens with zero attached hydrogens (tertiary/aromatic N) is 1. The van der Waals surface area contributed by atoms with E-state index < -0.39 is 11.5 Å². The molecule has 5 nitrogen and oxygen atoms in total. The SMILES string of the molecule is C[C@@H](NC(=O)C(C)(C)C)C(=O)N[C@H]1CCCN(c2cccc(F)c2)C1. The predicted molar refractivity (Wildman–Crippen MR) is 96.8 cm³/mol. The van der Waals surface area contributed by atoms with Crippen LogP contribution in [0.1, 0.15) is 40.5 Å². The molecule has 0 unspecified atom stereocenters.